The predicted octanol–water partition coefficient (Wildman–Crippen LogP) is -2.87. The second kappa shape index (κ2) is 48.0. The van der Waals surface area contributed by atoms with Gasteiger partial charge in [-0.05, 0) is 198 Å². The van der Waals surface area contributed by atoms with Gasteiger partial charge >= 0.3 is 0 Å². The van der Waals surface area contributed by atoms with Gasteiger partial charge in [-0.15, -0.1) is 5.10 Å². The van der Waals surface area contributed by atoms with Gasteiger partial charge in [0.15, 0.2) is 0 Å². The van der Waals surface area contributed by atoms with E-state index in [4.69, 9.17) is 40.1 Å². The minimum absolute atomic E-state index is 0.00481. The van der Waals surface area contributed by atoms with Gasteiger partial charge in [-0.25, -0.2) is 0 Å². The molecule has 0 aliphatic carbocycles. The van der Waals surface area contributed by atoms with Crippen molar-refractivity contribution in [3.05, 3.63) is 47.8 Å². The molecule has 546 valence electrons. The van der Waals surface area contributed by atoms with Gasteiger partial charge in [0.1, 0.15) is 66.1 Å². The van der Waals surface area contributed by atoms with Crippen LogP contribution in [0.5, 0.6) is 0 Å². The van der Waals surface area contributed by atoms with Gasteiger partial charge in [-0.1, -0.05) is 49.4 Å². The number of hydrogen-bond acceptors (Lipinski definition) is 20. The molecule has 1 aromatic heterocycles. The van der Waals surface area contributed by atoms with Gasteiger partial charge in [0.05, 0.1) is 12.8 Å². The lowest BCUT2D eigenvalue weighted by molar-refractivity contribution is -0.137. The SMILES string of the molecule is CC(C)C[C@@H]1NC(=O)[C@H](CCCCN)NC(=O)[C@H](CCCCN)NC(=O)[C@H](Cc2ccccc2)NC(=O)[C@H](CCCCN)NC(=O)[C@H](CCCCN)NC(=O)[C@H](CCCCn2cc(CO)nn2)NC(=O)[C@H](CCCCN)NC(=O)[C@H](CCCCN)NC(=O)[C@H](CCC(N)=O)NC1=O. The van der Waals surface area contributed by atoms with E-state index in [0.29, 0.717) is 101 Å². The number of benzene rings is 1. The molecular weight excluding hydrogens is 1250 g/mol. The number of aliphatic hydroxyl groups is 1. The number of nitrogens with zero attached hydrogens (tertiary/aromatic N) is 3. The van der Waals surface area contributed by atoms with Crippen LogP contribution in [0.2, 0.25) is 0 Å². The summed E-state index contributed by atoms with van der Waals surface area (Å²) >= 11 is 0. The summed E-state index contributed by atoms with van der Waals surface area (Å²) in [4.78, 5) is 160. The number of aliphatic hydroxyl groups excluding tert-OH is 1. The zero-order valence-electron chi connectivity index (χ0n) is 57.0. The first kappa shape index (κ1) is 83.5. The number of amides is 11. The van der Waals surface area contributed by atoms with E-state index in [1.54, 1.807) is 50.4 Å². The maximum Gasteiger partial charge on any atom is 0.243 e. The van der Waals surface area contributed by atoms with Crippen molar-refractivity contribution in [2.24, 2.45) is 46.1 Å². The summed E-state index contributed by atoms with van der Waals surface area (Å²) in [6.07, 6.45) is 6.05. The van der Waals surface area contributed by atoms with Crippen LogP contribution in [0, 0.1) is 5.92 Å². The Bertz CT molecular complexity index is 2730. The van der Waals surface area contributed by atoms with Crippen LogP contribution in [0.15, 0.2) is 36.5 Å². The lowest BCUT2D eigenvalue weighted by Crippen LogP contribution is -2.61. The van der Waals surface area contributed by atoms with Crippen molar-refractivity contribution in [1.29, 1.82) is 0 Å². The Hall–Kier alpha value is -7.75. The minimum atomic E-state index is -1.53. The molecule has 1 fully saturated rings. The number of primary amides is 1. The first-order chi connectivity index (χ1) is 46.6. The molecule has 11 amide bonds. The second-order valence-corrected chi connectivity index (χ2v) is 25.3. The van der Waals surface area contributed by atoms with E-state index in [9.17, 15) is 57.8 Å². The number of nitrogens with one attached hydrogen (secondary N) is 10. The third kappa shape index (κ3) is 32.9. The molecule has 2 heterocycles. The van der Waals surface area contributed by atoms with E-state index in [-0.39, 0.29) is 122 Å². The standard InChI is InChI=1S/C65H114N20O12/c1-42(2)38-53-64(96)80-52(29-30-55(72)87)63(95)78-47(24-8-15-33-68)58(90)73-46(23-7-14-32-67)57(89)77-51(28-12-19-37-85-40-44(41-86)83-84-85)60(92)74-45(22-6-13-31-66)56(88)76-50(27-11-18-36-71)62(94)82-54(39-43-20-4-3-5-21-43)65(97)79-48(25-9-16-34-69)59(91)75-49(61(93)81-53)26-10-17-35-70/h3-5,20-21,40,42,45-54,86H,6-19,22-39,41,66-71H2,1-2H3,(H2,72,87)(H,73,90)(H,74,92)(H,75,91)(H,76,88)(H,77,89)(H,78,95)(H,79,97)(H,80,96)(H,81,93)(H,82,94)/t45-,46-,47-,48-,49-,50-,51-,52-,53-,54-/m0/s1. The van der Waals surface area contributed by atoms with Crippen molar-refractivity contribution in [2.45, 2.75) is 248 Å². The quantitative estimate of drug-likeness (QED) is 0.0302. The number of rotatable bonds is 37. The lowest BCUT2D eigenvalue weighted by atomic mass is 10.00. The van der Waals surface area contributed by atoms with Gasteiger partial charge in [-0.2, -0.15) is 0 Å². The first-order valence-corrected chi connectivity index (χ1v) is 34.7. The van der Waals surface area contributed by atoms with E-state index in [1.807, 2.05) is 0 Å². The largest absolute Gasteiger partial charge is 0.390 e. The van der Waals surface area contributed by atoms with E-state index >= 15 is 0 Å². The summed E-state index contributed by atoms with van der Waals surface area (Å²) in [7, 11) is 0. The molecule has 10 atom stereocenters. The van der Waals surface area contributed by atoms with E-state index < -0.39 is 132 Å². The highest BCUT2D eigenvalue weighted by Gasteiger charge is 2.37. The summed E-state index contributed by atoms with van der Waals surface area (Å²) in [6.45, 7) is 4.97. The average Bonchev–Trinajstić information content (AvgIpc) is 1.47. The van der Waals surface area contributed by atoms with Crippen molar-refractivity contribution >= 4 is 65.0 Å². The Balaban J connectivity index is 2.35. The average molecular weight is 1370 g/mol. The van der Waals surface area contributed by atoms with Crippen LogP contribution >= 0.6 is 0 Å². The summed E-state index contributed by atoms with van der Waals surface area (Å²) in [5.74, 6) is -9.16. The molecule has 97 heavy (non-hydrogen) atoms. The third-order valence-electron chi connectivity index (χ3n) is 16.6. The maximum absolute atomic E-state index is 14.9. The van der Waals surface area contributed by atoms with Crippen LogP contribution in [-0.2, 0) is 72.3 Å². The van der Waals surface area contributed by atoms with Crippen molar-refractivity contribution < 1.29 is 57.8 Å². The fourth-order valence-electron chi connectivity index (χ4n) is 11.0. The fraction of sp³-hybridized carbons (Fsp3) is 0.708. The van der Waals surface area contributed by atoms with Crippen LogP contribution in [0.3, 0.4) is 0 Å². The molecule has 2 aromatic rings. The molecule has 25 N–H and O–H groups in total. The molecule has 0 radical (unpaired) electrons. The number of carbonyl (C=O) groups is 11. The van der Waals surface area contributed by atoms with Gasteiger partial charge in [-0.3, -0.25) is 57.4 Å². The molecule has 0 unspecified atom stereocenters. The number of unbranched alkanes of at least 4 members (excludes halogenated alkanes) is 7. The summed E-state index contributed by atoms with van der Waals surface area (Å²) in [5, 5.41) is 45.4. The van der Waals surface area contributed by atoms with Crippen molar-refractivity contribution in [1.82, 2.24) is 68.2 Å². The predicted molar refractivity (Wildman–Crippen MR) is 365 cm³/mol. The molecule has 1 saturated heterocycles. The molecule has 0 bridgehead atoms. The molecular formula is C65H114N20O12. The van der Waals surface area contributed by atoms with Crippen LogP contribution < -0.4 is 93.3 Å². The van der Waals surface area contributed by atoms with Gasteiger partial charge < -0.3 is 98.4 Å². The first-order valence-electron chi connectivity index (χ1n) is 34.7. The van der Waals surface area contributed by atoms with E-state index in [1.165, 1.54) is 4.68 Å². The van der Waals surface area contributed by atoms with Crippen LogP contribution in [-0.4, -0.2) is 185 Å². The van der Waals surface area contributed by atoms with Crippen LogP contribution in [0.1, 0.15) is 179 Å². The molecule has 32 heteroatoms. The second-order valence-electron chi connectivity index (χ2n) is 25.3. The topological polar surface area (TPSA) is 541 Å². The summed E-state index contributed by atoms with van der Waals surface area (Å²) in [5.41, 5.74) is 41.9. The molecule has 32 nitrogen and oxygen atoms in total. The monoisotopic (exact) mass is 1370 g/mol. The van der Waals surface area contributed by atoms with Crippen molar-refractivity contribution in [2.75, 3.05) is 39.3 Å². The van der Waals surface area contributed by atoms with Crippen LogP contribution in [0.4, 0.5) is 0 Å². The van der Waals surface area contributed by atoms with Crippen molar-refractivity contribution in [3.8, 4) is 0 Å². The molecule has 1 aliphatic rings. The van der Waals surface area contributed by atoms with Gasteiger partial charge in [0.2, 0.25) is 65.0 Å². The smallest absolute Gasteiger partial charge is 0.243 e. The van der Waals surface area contributed by atoms with Crippen molar-refractivity contribution in [3.63, 3.8) is 0 Å². The summed E-state index contributed by atoms with van der Waals surface area (Å²) in [6, 6.07) is -4.88. The fourth-order valence-corrected chi connectivity index (χ4v) is 11.0. The lowest BCUT2D eigenvalue weighted by Gasteiger charge is -2.29. The Kier molecular flexibility index (Phi) is 41.3. The maximum atomic E-state index is 14.9. The zero-order valence-corrected chi connectivity index (χ0v) is 57.0. The molecule has 1 aromatic carbocycles. The normalized spacial score (nSPS) is 22.8. The highest BCUT2D eigenvalue weighted by Crippen LogP contribution is 2.16. The van der Waals surface area contributed by atoms with Gasteiger partial charge in [0, 0.05) is 19.4 Å². The molecule has 0 saturated carbocycles. The number of hydrogen-bond donors (Lipinski definition) is 18. The molecule has 1 aliphatic heterocycles. The van der Waals surface area contributed by atoms with Crippen LogP contribution in [0.25, 0.3) is 0 Å². The van der Waals surface area contributed by atoms with E-state index in [0.717, 1.165) is 0 Å². The molecule has 0 spiro atoms. The minimum Gasteiger partial charge on any atom is -0.390 e. The third-order valence-corrected chi connectivity index (χ3v) is 16.6. The van der Waals surface area contributed by atoms with E-state index in [2.05, 4.69) is 63.5 Å². The highest BCUT2D eigenvalue weighted by molar-refractivity contribution is 5.99. The molecule has 3 rings (SSSR count). The number of aromatic nitrogens is 3. The Morgan fingerprint density at radius 3 is 0.979 bits per heavy atom. The number of nitrogens with two attached hydrogens (primary N) is 7. The highest BCUT2D eigenvalue weighted by atomic mass is 16.3. The Morgan fingerprint density at radius 2 is 0.691 bits per heavy atom. The van der Waals surface area contributed by atoms with Gasteiger partial charge in [0.25, 0.3) is 0 Å². The Labute approximate surface area is 570 Å². The zero-order chi connectivity index (χ0) is 71.5. The number of aryl methyl sites for hydroxylation is 1. The Morgan fingerprint density at radius 1 is 0.412 bits per heavy atom. The summed E-state index contributed by atoms with van der Waals surface area (Å²) < 4.78 is 1.51. The number of carbonyl (C=O) groups excluding carboxylic acids is 11.